The Labute approximate surface area is 153 Å². The van der Waals surface area contributed by atoms with Crippen molar-refractivity contribution in [2.45, 2.75) is 19.9 Å². The minimum absolute atomic E-state index is 0.197. The maximum absolute atomic E-state index is 12.7. The van der Waals surface area contributed by atoms with Gasteiger partial charge in [0.05, 0.1) is 28.7 Å². The molecule has 3 aromatic rings. The third kappa shape index (κ3) is 3.38. The molecule has 0 spiro atoms. The maximum atomic E-state index is 12.7. The molecule has 0 fully saturated rings. The zero-order valence-electron chi connectivity index (χ0n) is 14.5. The molecule has 0 aliphatic heterocycles. The number of nitro groups is 1. The predicted molar refractivity (Wildman–Crippen MR) is 95.2 cm³/mol. The Hall–Kier alpha value is -4.00. The normalized spacial score (nSPS) is 11.6. The summed E-state index contributed by atoms with van der Waals surface area (Å²) in [6.07, 6.45) is 1.36. The lowest BCUT2D eigenvalue weighted by molar-refractivity contribution is -0.389. The molecule has 0 radical (unpaired) electrons. The fourth-order valence-electron chi connectivity index (χ4n) is 2.60. The third-order valence-corrected chi connectivity index (χ3v) is 3.97. The van der Waals surface area contributed by atoms with E-state index in [2.05, 4.69) is 15.5 Å². The van der Waals surface area contributed by atoms with Gasteiger partial charge in [0.25, 0.3) is 5.91 Å². The Morgan fingerprint density at radius 2 is 2.07 bits per heavy atom. The first kappa shape index (κ1) is 17.8. The fraction of sp³-hybridized carbons (Fsp3) is 0.176. The van der Waals surface area contributed by atoms with E-state index in [0.29, 0.717) is 11.4 Å². The highest BCUT2D eigenvalue weighted by Gasteiger charge is 2.26. The van der Waals surface area contributed by atoms with Crippen molar-refractivity contribution in [1.29, 1.82) is 5.26 Å². The van der Waals surface area contributed by atoms with E-state index < -0.39 is 16.9 Å². The number of anilines is 1. The van der Waals surface area contributed by atoms with Crippen LogP contribution in [-0.2, 0) is 4.79 Å². The Balaban J connectivity index is 1.91. The van der Waals surface area contributed by atoms with Gasteiger partial charge < -0.3 is 15.4 Å². The van der Waals surface area contributed by atoms with Crippen LogP contribution in [0.25, 0.3) is 5.69 Å². The van der Waals surface area contributed by atoms with Gasteiger partial charge in [-0.3, -0.25) is 4.79 Å². The smallest absolute Gasteiger partial charge is 0.358 e. The minimum Gasteiger partial charge on any atom is -0.358 e. The quantitative estimate of drug-likeness (QED) is 0.545. The van der Waals surface area contributed by atoms with Crippen LogP contribution in [0, 0.1) is 28.4 Å². The van der Waals surface area contributed by atoms with Crippen molar-refractivity contribution >= 4 is 17.5 Å². The number of aromatic nitrogens is 4. The van der Waals surface area contributed by atoms with Crippen molar-refractivity contribution in [1.82, 2.24) is 19.6 Å². The van der Waals surface area contributed by atoms with Crippen molar-refractivity contribution in [2.75, 3.05) is 5.32 Å². The van der Waals surface area contributed by atoms with Crippen LogP contribution in [0.3, 0.4) is 0 Å². The molecule has 0 saturated carbocycles. The minimum atomic E-state index is -0.829. The summed E-state index contributed by atoms with van der Waals surface area (Å²) in [5.41, 5.74) is 1.34. The van der Waals surface area contributed by atoms with Crippen LogP contribution in [0.1, 0.15) is 24.2 Å². The van der Waals surface area contributed by atoms with Gasteiger partial charge in [-0.15, -0.1) is 0 Å². The summed E-state index contributed by atoms with van der Waals surface area (Å²) in [7, 11) is 0. The molecule has 10 heteroatoms. The van der Waals surface area contributed by atoms with E-state index in [0.717, 1.165) is 0 Å². The Morgan fingerprint density at radius 1 is 1.37 bits per heavy atom. The highest BCUT2D eigenvalue weighted by Crippen LogP contribution is 2.22. The topological polar surface area (TPSA) is 132 Å². The maximum Gasteiger partial charge on any atom is 0.390 e. The van der Waals surface area contributed by atoms with E-state index in [1.54, 1.807) is 26.0 Å². The van der Waals surface area contributed by atoms with E-state index in [1.165, 1.54) is 21.6 Å². The molecular formula is C17H15N7O3. The van der Waals surface area contributed by atoms with Crippen LogP contribution >= 0.6 is 0 Å². The second-order valence-electron chi connectivity index (χ2n) is 5.78. The Bertz CT molecular complexity index is 1050. The molecule has 0 saturated heterocycles. The number of para-hydroxylation sites is 1. The van der Waals surface area contributed by atoms with E-state index >= 15 is 0 Å². The summed E-state index contributed by atoms with van der Waals surface area (Å²) in [6.45, 7) is 3.19. The van der Waals surface area contributed by atoms with Gasteiger partial charge in [0.1, 0.15) is 17.7 Å². The van der Waals surface area contributed by atoms with Crippen LogP contribution in [0.2, 0.25) is 0 Å². The average molecular weight is 365 g/mol. The number of nitrogens with zero attached hydrogens (tertiary/aromatic N) is 6. The molecule has 1 amide bonds. The van der Waals surface area contributed by atoms with Crippen LogP contribution in [0.5, 0.6) is 0 Å². The lowest BCUT2D eigenvalue weighted by Crippen LogP contribution is -2.26. The molecule has 1 N–H and O–H groups in total. The summed E-state index contributed by atoms with van der Waals surface area (Å²) in [5, 5.41) is 30.9. The van der Waals surface area contributed by atoms with Gasteiger partial charge in [-0.05, 0) is 30.9 Å². The average Bonchev–Trinajstić information content (AvgIpc) is 3.25. The number of hydrogen-bond donors (Lipinski definition) is 1. The molecule has 136 valence electrons. The monoisotopic (exact) mass is 365 g/mol. The van der Waals surface area contributed by atoms with Gasteiger partial charge in [0.15, 0.2) is 5.82 Å². The van der Waals surface area contributed by atoms with Crippen LogP contribution < -0.4 is 5.32 Å². The van der Waals surface area contributed by atoms with Gasteiger partial charge >= 0.3 is 5.82 Å². The standard InChI is InChI=1S/C17H15N7O3/c1-11-8-15(24(26)27)21-22(11)12(2)17(25)20-16-13(9-18)10-19-23(16)14-6-4-3-5-7-14/h3-8,10,12H,1-2H3,(H,20,25). The number of nitriles is 1. The Kier molecular flexibility index (Phi) is 4.68. The summed E-state index contributed by atoms with van der Waals surface area (Å²) in [6, 6.07) is 11.5. The summed E-state index contributed by atoms with van der Waals surface area (Å²) < 4.78 is 2.71. The van der Waals surface area contributed by atoms with Gasteiger partial charge in [-0.1, -0.05) is 18.2 Å². The van der Waals surface area contributed by atoms with E-state index in [1.807, 2.05) is 24.3 Å². The number of carbonyl (C=O) groups excluding carboxylic acids is 1. The molecule has 27 heavy (non-hydrogen) atoms. The molecule has 0 aliphatic rings. The van der Waals surface area contributed by atoms with Gasteiger partial charge in [-0.25, -0.2) is 4.68 Å². The molecule has 2 aromatic heterocycles. The number of aryl methyl sites for hydroxylation is 1. The number of nitrogens with one attached hydrogen (secondary N) is 1. The Morgan fingerprint density at radius 3 is 2.67 bits per heavy atom. The van der Waals surface area contributed by atoms with E-state index in [-0.39, 0.29) is 17.2 Å². The molecule has 1 unspecified atom stereocenters. The number of benzene rings is 1. The van der Waals surface area contributed by atoms with E-state index in [9.17, 15) is 20.2 Å². The number of amides is 1. The third-order valence-electron chi connectivity index (χ3n) is 3.97. The van der Waals surface area contributed by atoms with Crippen LogP contribution in [0.15, 0.2) is 42.6 Å². The second kappa shape index (κ2) is 7.09. The van der Waals surface area contributed by atoms with Crippen molar-refractivity contribution in [3.8, 4) is 11.8 Å². The molecule has 1 aromatic carbocycles. The van der Waals surface area contributed by atoms with Crippen molar-refractivity contribution in [2.24, 2.45) is 0 Å². The molecule has 10 nitrogen and oxygen atoms in total. The zero-order valence-corrected chi connectivity index (χ0v) is 14.5. The first-order valence-electron chi connectivity index (χ1n) is 7.97. The largest absolute Gasteiger partial charge is 0.390 e. The first-order valence-corrected chi connectivity index (χ1v) is 7.97. The summed E-state index contributed by atoms with van der Waals surface area (Å²) in [5.74, 6) is -0.593. The highest BCUT2D eigenvalue weighted by molar-refractivity contribution is 5.94. The molecule has 0 aliphatic carbocycles. The van der Waals surface area contributed by atoms with Gasteiger partial charge in [0, 0.05) is 0 Å². The van der Waals surface area contributed by atoms with Gasteiger partial charge in [-0.2, -0.15) is 15.0 Å². The molecule has 0 bridgehead atoms. The van der Waals surface area contributed by atoms with Gasteiger partial charge in [0.2, 0.25) is 0 Å². The summed E-state index contributed by atoms with van der Waals surface area (Å²) in [4.78, 5) is 23.0. The molecule has 1 atom stereocenters. The lowest BCUT2D eigenvalue weighted by Gasteiger charge is -2.13. The molecule has 3 rings (SSSR count). The number of carbonyl (C=O) groups is 1. The number of hydrogen-bond acceptors (Lipinski definition) is 6. The summed E-state index contributed by atoms with van der Waals surface area (Å²) >= 11 is 0. The van der Waals surface area contributed by atoms with E-state index in [4.69, 9.17) is 0 Å². The fourth-order valence-corrected chi connectivity index (χ4v) is 2.60. The second-order valence-corrected chi connectivity index (χ2v) is 5.78. The van der Waals surface area contributed by atoms with Crippen molar-refractivity contribution < 1.29 is 9.72 Å². The zero-order chi connectivity index (χ0) is 19.6. The molecular weight excluding hydrogens is 350 g/mol. The van der Waals surface area contributed by atoms with Crippen molar-refractivity contribution in [3.05, 3.63) is 64.0 Å². The first-order chi connectivity index (χ1) is 12.9. The van der Waals surface area contributed by atoms with Crippen LogP contribution in [-0.4, -0.2) is 30.4 Å². The van der Waals surface area contributed by atoms with Crippen molar-refractivity contribution in [3.63, 3.8) is 0 Å². The predicted octanol–water partition coefficient (Wildman–Crippen LogP) is 2.36. The number of rotatable bonds is 5. The highest BCUT2D eigenvalue weighted by atomic mass is 16.6. The molecule has 2 heterocycles. The SMILES string of the molecule is Cc1cc([N+](=O)[O-])nn1C(C)C(=O)Nc1c(C#N)cnn1-c1ccccc1. The lowest BCUT2D eigenvalue weighted by atomic mass is 10.2. The van der Waals surface area contributed by atoms with Crippen LogP contribution in [0.4, 0.5) is 11.6 Å².